The molecule has 0 aliphatic heterocycles. The van der Waals surface area contributed by atoms with Crippen molar-refractivity contribution in [1.29, 1.82) is 0 Å². The Hall–Kier alpha value is -1.61. The first-order chi connectivity index (χ1) is 16.0. The lowest BCUT2D eigenvalue weighted by atomic mass is 9.93. The maximum atomic E-state index is 13.4. The number of carbonyl (C=O) groups excluding carboxylic acids is 1. The first-order valence-electron chi connectivity index (χ1n) is 12.0. The molecule has 1 saturated carbocycles. The smallest absolute Gasteiger partial charge is 0.254 e. The van der Waals surface area contributed by atoms with Gasteiger partial charge in [-0.05, 0) is 98.2 Å². The topological polar surface area (TPSA) is 59.9 Å². The minimum absolute atomic E-state index is 0.0568. The SMILES string of the molecule is COc1cc(C=Nc2sc3c(c2C(=O)NC2CCCCC2)CCCC3)cc(I)c1OC(C)C. The van der Waals surface area contributed by atoms with Crippen molar-refractivity contribution in [2.75, 3.05) is 7.11 Å². The van der Waals surface area contributed by atoms with Gasteiger partial charge in [-0.2, -0.15) is 0 Å². The predicted octanol–water partition coefficient (Wildman–Crippen LogP) is 6.84. The number of hydrogen-bond acceptors (Lipinski definition) is 5. The van der Waals surface area contributed by atoms with Crippen LogP contribution in [0.2, 0.25) is 0 Å². The van der Waals surface area contributed by atoms with Crippen LogP contribution >= 0.6 is 33.9 Å². The number of nitrogens with one attached hydrogen (secondary N) is 1. The quantitative estimate of drug-likeness (QED) is 0.288. The number of ether oxygens (including phenoxy) is 2. The zero-order valence-electron chi connectivity index (χ0n) is 19.7. The van der Waals surface area contributed by atoms with Crippen molar-refractivity contribution >= 4 is 51.1 Å². The summed E-state index contributed by atoms with van der Waals surface area (Å²) in [5.74, 6) is 1.50. The molecular formula is C26H33IN2O3S. The fourth-order valence-corrected chi connectivity index (χ4v) is 6.66. The van der Waals surface area contributed by atoms with Crippen LogP contribution in [0.25, 0.3) is 0 Å². The Labute approximate surface area is 214 Å². The second kappa shape index (κ2) is 11.2. The fourth-order valence-electron chi connectivity index (χ4n) is 4.68. The van der Waals surface area contributed by atoms with Gasteiger partial charge in [-0.3, -0.25) is 4.79 Å². The van der Waals surface area contributed by atoms with E-state index in [1.807, 2.05) is 32.2 Å². The van der Waals surface area contributed by atoms with Crippen LogP contribution < -0.4 is 14.8 Å². The first-order valence-corrected chi connectivity index (χ1v) is 13.9. The molecule has 1 aromatic heterocycles. The molecule has 7 heteroatoms. The van der Waals surface area contributed by atoms with Gasteiger partial charge in [-0.15, -0.1) is 11.3 Å². The molecule has 178 valence electrons. The Bertz CT molecular complexity index is 1030. The summed E-state index contributed by atoms with van der Waals surface area (Å²) < 4.78 is 12.5. The molecule has 2 aromatic rings. The molecule has 1 heterocycles. The van der Waals surface area contributed by atoms with E-state index in [0.29, 0.717) is 11.8 Å². The zero-order valence-corrected chi connectivity index (χ0v) is 22.7. The van der Waals surface area contributed by atoms with E-state index in [-0.39, 0.29) is 12.0 Å². The van der Waals surface area contributed by atoms with E-state index >= 15 is 0 Å². The number of hydrogen-bond donors (Lipinski definition) is 1. The van der Waals surface area contributed by atoms with Gasteiger partial charge in [0.25, 0.3) is 5.91 Å². The number of fused-ring (bicyclic) bond motifs is 1. The predicted molar refractivity (Wildman–Crippen MR) is 144 cm³/mol. The summed E-state index contributed by atoms with van der Waals surface area (Å²) in [6.07, 6.45) is 12.1. The summed E-state index contributed by atoms with van der Waals surface area (Å²) in [4.78, 5) is 19.5. The molecule has 1 aromatic carbocycles. The second-order valence-corrected chi connectivity index (χ2v) is 11.4. The van der Waals surface area contributed by atoms with Gasteiger partial charge >= 0.3 is 0 Å². The summed E-state index contributed by atoms with van der Waals surface area (Å²) in [5.41, 5.74) is 2.95. The van der Waals surface area contributed by atoms with Crippen LogP contribution in [-0.2, 0) is 12.8 Å². The normalized spacial score (nSPS) is 16.8. The zero-order chi connectivity index (χ0) is 23.4. The van der Waals surface area contributed by atoms with Gasteiger partial charge in [0.15, 0.2) is 11.5 Å². The van der Waals surface area contributed by atoms with Crippen LogP contribution in [0.3, 0.4) is 0 Å². The number of rotatable bonds is 7. The molecule has 5 nitrogen and oxygen atoms in total. The number of halogens is 1. The van der Waals surface area contributed by atoms with Gasteiger partial charge in [0.1, 0.15) is 5.00 Å². The van der Waals surface area contributed by atoms with E-state index in [9.17, 15) is 4.79 Å². The minimum atomic E-state index is 0.0568. The molecule has 0 radical (unpaired) electrons. The van der Waals surface area contributed by atoms with Crippen molar-refractivity contribution in [1.82, 2.24) is 5.32 Å². The number of thiophene rings is 1. The van der Waals surface area contributed by atoms with Crippen LogP contribution in [0.15, 0.2) is 17.1 Å². The van der Waals surface area contributed by atoms with Crippen molar-refractivity contribution < 1.29 is 14.3 Å². The van der Waals surface area contributed by atoms with Crippen molar-refractivity contribution in [2.24, 2.45) is 4.99 Å². The van der Waals surface area contributed by atoms with E-state index in [0.717, 1.165) is 57.6 Å². The summed E-state index contributed by atoms with van der Waals surface area (Å²) in [6.45, 7) is 4.01. The van der Waals surface area contributed by atoms with E-state index in [1.165, 1.54) is 36.1 Å². The fraction of sp³-hybridized carbons (Fsp3) is 0.538. The standard InChI is InChI=1S/C26H33IN2O3S/c1-16(2)32-24-20(27)13-17(14-21(24)31-3)15-28-26-23(19-11-7-8-12-22(19)33-26)25(30)29-18-9-5-4-6-10-18/h13-16,18H,4-12H2,1-3H3,(H,29,30). The van der Waals surface area contributed by atoms with Crippen LogP contribution in [-0.4, -0.2) is 31.4 Å². The van der Waals surface area contributed by atoms with Crippen LogP contribution in [0.5, 0.6) is 11.5 Å². The van der Waals surface area contributed by atoms with E-state index in [2.05, 4.69) is 27.9 Å². The number of benzene rings is 1. The first kappa shape index (κ1) is 24.5. The Morgan fingerprint density at radius 2 is 1.94 bits per heavy atom. The third kappa shape index (κ3) is 5.91. The number of aliphatic imine (C=N–C) groups is 1. The summed E-state index contributed by atoms with van der Waals surface area (Å²) in [6, 6.07) is 4.28. The van der Waals surface area contributed by atoms with Crippen LogP contribution in [0.4, 0.5) is 5.00 Å². The highest BCUT2D eigenvalue weighted by Crippen LogP contribution is 2.40. The summed E-state index contributed by atoms with van der Waals surface area (Å²) >= 11 is 3.95. The Kier molecular flexibility index (Phi) is 8.33. The molecule has 0 atom stereocenters. The molecular weight excluding hydrogens is 547 g/mol. The van der Waals surface area contributed by atoms with Crippen LogP contribution in [0.1, 0.15) is 85.2 Å². The van der Waals surface area contributed by atoms with Crippen molar-refractivity contribution in [2.45, 2.75) is 83.8 Å². The molecule has 0 unspecified atom stereocenters. The maximum Gasteiger partial charge on any atom is 0.254 e. The summed E-state index contributed by atoms with van der Waals surface area (Å²) in [7, 11) is 1.65. The number of aryl methyl sites for hydroxylation is 1. The molecule has 0 saturated heterocycles. The molecule has 2 aliphatic carbocycles. The lowest BCUT2D eigenvalue weighted by Crippen LogP contribution is -2.36. The molecule has 2 aliphatic rings. The maximum absolute atomic E-state index is 13.4. The average Bonchev–Trinajstić information content (AvgIpc) is 3.18. The number of amides is 1. The van der Waals surface area contributed by atoms with Crippen LogP contribution in [0, 0.1) is 3.57 Å². The number of carbonyl (C=O) groups is 1. The molecule has 1 amide bonds. The number of nitrogens with zero attached hydrogens (tertiary/aromatic N) is 1. The highest BCUT2D eigenvalue weighted by atomic mass is 127. The highest BCUT2D eigenvalue weighted by Gasteiger charge is 2.27. The lowest BCUT2D eigenvalue weighted by molar-refractivity contribution is 0.0927. The van der Waals surface area contributed by atoms with Crippen molar-refractivity contribution in [3.8, 4) is 11.5 Å². The Balaban J connectivity index is 1.63. The van der Waals surface area contributed by atoms with Gasteiger partial charge in [0.2, 0.25) is 0 Å². The Morgan fingerprint density at radius 3 is 2.67 bits per heavy atom. The highest BCUT2D eigenvalue weighted by molar-refractivity contribution is 14.1. The Morgan fingerprint density at radius 1 is 1.18 bits per heavy atom. The molecule has 33 heavy (non-hydrogen) atoms. The van der Waals surface area contributed by atoms with E-state index in [1.54, 1.807) is 18.4 Å². The summed E-state index contributed by atoms with van der Waals surface area (Å²) in [5, 5.41) is 4.14. The molecule has 0 spiro atoms. The van der Waals surface area contributed by atoms with E-state index < -0.39 is 0 Å². The van der Waals surface area contributed by atoms with Gasteiger partial charge in [0, 0.05) is 17.1 Å². The molecule has 0 bridgehead atoms. The van der Waals surface area contributed by atoms with E-state index in [4.69, 9.17) is 14.5 Å². The monoisotopic (exact) mass is 580 g/mol. The molecule has 1 fully saturated rings. The minimum Gasteiger partial charge on any atom is -0.493 e. The van der Waals surface area contributed by atoms with Crippen molar-refractivity contribution in [3.63, 3.8) is 0 Å². The van der Waals surface area contributed by atoms with Crippen molar-refractivity contribution in [3.05, 3.63) is 37.3 Å². The molecule has 4 rings (SSSR count). The van der Waals surface area contributed by atoms with Gasteiger partial charge in [-0.25, -0.2) is 4.99 Å². The second-order valence-electron chi connectivity index (χ2n) is 9.16. The van der Waals surface area contributed by atoms with Gasteiger partial charge < -0.3 is 14.8 Å². The molecule has 1 N–H and O–H groups in total. The largest absolute Gasteiger partial charge is 0.493 e. The number of methoxy groups -OCH3 is 1. The lowest BCUT2D eigenvalue weighted by Gasteiger charge is -2.23. The van der Waals surface area contributed by atoms with Gasteiger partial charge in [0.05, 0.1) is 22.3 Å². The van der Waals surface area contributed by atoms with Gasteiger partial charge in [-0.1, -0.05) is 19.3 Å². The average molecular weight is 581 g/mol. The third-order valence-corrected chi connectivity index (χ3v) is 8.26. The third-order valence-electron chi connectivity index (χ3n) is 6.26.